The minimum atomic E-state index is -1.02. The number of aromatic nitrogens is 2. The maximum absolute atomic E-state index is 13.8. The van der Waals surface area contributed by atoms with Crippen LogP contribution in [0.15, 0.2) is 36.5 Å². The third-order valence-electron chi connectivity index (χ3n) is 5.51. The third-order valence-corrected chi connectivity index (χ3v) is 5.74. The predicted octanol–water partition coefficient (Wildman–Crippen LogP) is 4.83. The molecule has 0 aliphatic heterocycles. The summed E-state index contributed by atoms with van der Waals surface area (Å²) in [6, 6.07) is 7.23. The van der Waals surface area contributed by atoms with Crippen molar-refractivity contribution in [1.82, 2.24) is 15.1 Å². The molecule has 4 rings (SSSR count). The van der Waals surface area contributed by atoms with Crippen LogP contribution in [0.5, 0.6) is 5.75 Å². The van der Waals surface area contributed by atoms with E-state index in [4.69, 9.17) is 16.7 Å². The van der Waals surface area contributed by atoms with Gasteiger partial charge < -0.3 is 10.4 Å². The fourth-order valence-electron chi connectivity index (χ4n) is 3.86. The quantitative estimate of drug-likeness (QED) is 0.636. The smallest absolute Gasteiger partial charge is 0.254 e. The number of halogens is 3. The Morgan fingerprint density at radius 2 is 1.93 bits per heavy atom. The second kappa shape index (κ2) is 7.99. The van der Waals surface area contributed by atoms with E-state index in [1.807, 2.05) is 29.1 Å². The van der Waals surface area contributed by atoms with Crippen LogP contribution < -0.4 is 5.32 Å². The number of carbonyl (C=O) groups is 1. The van der Waals surface area contributed by atoms with Gasteiger partial charge in [-0.2, -0.15) is 5.10 Å². The van der Waals surface area contributed by atoms with Crippen LogP contribution in [0, 0.1) is 17.6 Å². The topological polar surface area (TPSA) is 67.2 Å². The number of nitrogens with zero attached hydrogens (tertiary/aromatic N) is 2. The number of carbonyl (C=O) groups excluding carboxylic acids is 1. The number of fused-ring (bicyclic) bond motifs is 1. The van der Waals surface area contributed by atoms with Gasteiger partial charge in [0.1, 0.15) is 5.82 Å². The highest BCUT2D eigenvalue weighted by atomic mass is 35.5. The number of nitrogens with one attached hydrogen (secondary N) is 1. The van der Waals surface area contributed by atoms with Gasteiger partial charge in [0, 0.05) is 29.2 Å². The number of phenols is 1. The van der Waals surface area contributed by atoms with Crippen LogP contribution in [0.2, 0.25) is 5.02 Å². The zero-order chi connectivity index (χ0) is 20.5. The van der Waals surface area contributed by atoms with Crippen LogP contribution in [0.1, 0.15) is 42.1 Å². The molecule has 1 fully saturated rings. The van der Waals surface area contributed by atoms with E-state index in [2.05, 4.69) is 10.4 Å². The summed E-state index contributed by atoms with van der Waals surface area (Å²) in [4.78, 5) is 12.2. The molecule has 1 amide bonds. The van der Waals surface area contributed by atoms with E-state index in [0.717, 1.165) is 36.6 Å². The van der Waals surface area contributed by atoms with Crippen molar-refractivity contribution in [2.45, 2.75) is 31.7 Å². The van der Waals surface area contributed by atoms with Gasteiger partial charge in [-0.25, -0.2) is 8.78 Å². The summed E-state index contributed by atoms with van der Waals surface area (Å²) in [5.74, 6) is -3.20. The molecule has 0 atom stereocenters. The summed E-state index contributed by atoms with van der Waals surface area (Å²) in [5.41, 5.74) is 0.503. The Hall–Kier alpha value is -2.67. The van der Waals surface area contributed by atoms with E-state index in [9.17, 15) is 13.6 Å². The molecular weight excluding hydrogens is 400 g/mol. The van der Waals surface area contributed by atoms with E-state index in [0.29, 0.717) is 23.7 Å². The zero-order valence-electron chi connectivity index (χ0n) is 15.5. The molecule has 3 aromatic rings. The molecule has 0 saturated heterocycles. The Kier molecular flexibility index (Phi) is 5.41. The maximum atomic E-state index is 13.8. The minimum absolute atomic E-state index is 0.264. The van der Waals surface area contributed by atoms with Crippen molar-refractivity contribution >= 4 is 28.4 Å². The first-order valence-corrected chi connectivity index (χ1v) is 9.89. The molecule has 2 N–H and O–H groups in total. The van der Waals surface area contributed by atoms with Crippen molar-refractivity contribution in [2.24, 2.45) is 5.92 Å². The van der Waals surface area contributed by atoms with Crippen molar-refractivity contribution in [1.29, 1.82) is 0 Å². The molecule has 1 aliphatic carbocycles. The van der Waals surface area contributed by atoms with Crippen molar-refractivity contribution in [3.05, 3.63) is 58.7 Å². The first-order chi connectivity index (χ1) is 13.9. The highest BCUT2D eigenvalue weighted by Gasteiger charge is 2.24. The molecule has 152 valence electrons. The van der Waals surface area contributed by atoms with E-state index in [1.54, 1.807) is 0 Å². The maximum Gasteiger partial charge on any atom is 0.254 e. The zero-order valence-corrected chi connectivity index (χ0v) is 16.3. The van der Waals surface area contributed by atoms with Crippen LogP contribution in [0.3, 0.4) is 0 Å². The van der Waals surface area contributed by atoms with Crippen LogP contribution in [-0.4, -0.2) is 27.3 Å². The molecule has 1 aliphatic rings. The molecule has 2 aromatic carbocycles. The van der Waals surface area contributed by atoms with E-state index >= 15 is 0 Å². The second-order valence-corrected chi connectivity index (χ2v) is 7.92. The number of benzene rings is 2. The molecule has 0 unspecified atom stereocenters. The molecule has 1 heterocycles. The van der Waals surface area contributed by atoms with Gasteiger partial charge in [-0.1, -0.05) is 11.6 Å². The first-order valence-electron chi connectivity index (χ1n) is 9.51. The van der Waals surface area contributed by atoms with Crippen molar-refractivity contribution in [2.75, 3.05) is 6.54 Å². The van der Waals surface area contributed by atoms with Gasteiger partial charge in [0.15, 0.2) is 11.6 Å². The lowest BCUT2D eigenvalue weighted by molar-refractivity contribution is 0.0936. The molecule has 0 bridgehead atoms. The fraction of sp³-hybridized carbons (Fsp3) is 0.333. The Morgan fingerprint density at radius 3 is 2.69 bits per heavy atom. The number of aromatic hydroxyl groups is 1. The molecule has 0 radical (unpaired) electrons. The van der Waals surface area contributed by atoms with Gasteiger partial charge in [-0.3, -0.25) is 9.48 Å². The lowest BCUT2D eigenvalue weighted by Crippen LogP contribution is -2.32. The molecule has 5 nitrogen and oxygen atoms in total. The van der Waals surface area contributed by atoms with Gasteiger partial charge in [0.25, 0.3) is 5.91 Å². The molecule has 8 heteroatoms. The van der Waals surface area contributed by atoms with Crippen LogP contribution >= 0.6 is 11.6 Å². The second-order valence-electron chi connectivity index (χ2n) is 7.48. The summed E-state index contributed by atoms with van der Waals surface area (Å²) in [6.45, 7) is 0.393. The molecular formula is C21H20ClF2N3O2. The van der Waals surface area contributed by atoms with Gasteiger partial charge in [0.2, 0.25) is 0 Å². The van der Waals surface area contributed by atoms with Gasteiger partial charge in [-0.05, 0) is 55.9 Å². The highest BCUT2D eigenvalue weighted by molar-refractivity contribution is 6.31. The Balaban J connectivity index is 1.33. The SMILES string of the molecule is O=C(NC[C@H]1CC[C@H](n2cc3cc(Cl)ccc3n2)CC1)c1cc(F)c(O)cc1F. The van der Waals surface area contributed by atoms with Crippen LogP contribution in [0.4, 0.5) is 8.78 Å². The standard InChI is InChI=1S/C21H20ClF2N3O2/c22-14-3-6-19-13(7-14)11-27(26-19)15-4-1-12(2-5-15)10-25-21(29)16-8-18(24)20(28)9-17(16)23/h3,6-9,11-12,15,28H,1-2,4-5,10H2,(H,25,29)/t12-,15-. The largest absolute Gasteiger partial charge is 0.505 e. The van der Waals surface area contributed by atoms with Crippen LogP contribution in [0.25, 0.3) is 10.9 Å². The Bertz CT molecular complexity index is 1060. The van der Waals surface area contributed by atoms with Crippen molar-refractivity contribution in [3.8, 4) is 5.75 Å². The molecule has 1 aromatic heterocycles. The Morgan fingerprint density at radius 1 is 1.17 bits per heavy atom. The summed E-state index contributed by atoms with van der Waals surface area (Å²) >= 11 is 6.04. The average molecular weight is 420 g/mol. The number of hydrogen-bond donors (Lipinski definition) is 2. The summed E-state index contributed by atoms with van der Waals surface area (Å²) in [5, 5.41) is 18.2. The van der Waals surface area contributed by atoms with Gasteiger partial charge >= 0.3 is 0 Å². The lowest BCUT2D eigenvalue weighted by atomic mass is 9.86. The first kappa shape index (κ1) is 19.6. The predicted molar refractivity (Wildman–Crippen MR) is 106 cm³/mol. The van der Waals surface area contributed by atoms with E-state index in [-0.39, 0.29) is 12.0 Å². The number of phenolic OH excluding ortho intramolecular Hbond substituents is 1. The number of rotatable bonds is 4. The monoisotopic (exact) mass is 419 g/mol. The minimum Gasteiger partial charge on any atom is -0.505 e. The van der Waals surface area contributed by atoms with Crippen molar-refractivity contribution in [3.63, 3.8) is 0 Å². The summed E-state index contributed by atoms with van der Waals surface area (Å²) in [7, 11) is 0. The number of hydrogen-bond acceptors (Lipinski definition) is 3. The lowest BCUT2D eigenvalue weighted by Gasteiger charge is -2.28. The van der Waals surface area contributed by atoms with Gasteiger partial charge in [-0.15, -0.1) is 0 Å². The van der Waals surface area contributed by atoms with E-state index < -0.39 is 28.9 Å². The van der Waals surface area contributed by atoms with Crippen LogP contribution in [-0.2, 0) is 0 Å². The average Bonchev–Trinajstić information content (AvgIpc) is 3.12. The molecule has 29 heavy (non-hydrogen) atoms. The summed E-state index contributed by atoms with van der Waals surface area (Å²) < 4.78 is 29.2. The highest BCUT2D eigenvalue weighted by Crippen LogP contribution is 2.33. The van der Waals surface area contributed by atoms with E-state index in [1.165, 1.54) is 0 Å². The molecule has 0 spiro atoms. The molecule has 1 saturated carbocycles. The van der Waals surface area contributed by atoms with Gasteiger partial charge in [0.05, 0.1) is 17.1 Å². The normalized spacial score (nSPS) is 19.4. The number of amides is 1. The third kappa shape index (κ3) is 4.19. The summed E-state index contributed by atoms with van der Waals surface area (Å²) in [6.07, 6.45) is 5.65. The fourth-order valence-corrected chi connectivity index (χ4v) is 4.04. The van der Waals surface area contributed by atoms with Crippen molar-refractivity contribution < 1.29 is 18.7 Å². The Labute approximate surface area is 171 Å².